The SMILES string of the molecule is NOC(=O)[C@@H]1CCCCN1OCc1ccccc1. The second kappa shape index (κ2) is 6.49. The molecule has 0 aliphatic carbocycles. The van der Waals surface area contributed by atoms with E-state index in [0.717, 1.165) is 31.4 Å². The summed E-state index contributed by atoms with van der Waals surface area (Å²) in [4.78, 5) is 21.5. The Morgan fingerprint density at radius 1 is 1.33 bits per heavy atom. The number of rotatable bonds is 4. The Hall–Kier alpha value is -1.43. The third-order valence-electron chi connectivity index (χ3n) is 3.08. The van der Waals surface area contributed by atoms with Crippen molar-refractivity contribution < 1.29 is 14.5 Å². The van der Waals surface area contributed by atoms with Gasteiger partial charge in [-0.2, -0.15) is 11.0 Å². The molecule has 5 heteroatoms. The molecule has 0 spiro atoms. The van der Waals surface area contributed by atoms with Crippen LogP contribution in [-0.2, 0) is 21.1 Å². The van der Waals surface area contributed by atoms with Crippen LogP contribution in [-0.4, -0.2) is 23.6 Å². The zero-order valence-electron chi connectivity index (χ0n) is 10.2. The van der Waals surface area contributed by atoms with E-state index in [1.165, 1.54) is 0 Å². The van der Waals surface area contributed by atoms with Crippen LogP contribution < -0.4 is 5.90 Å². The van der Waals surface area contributed by atoms with E-state index in [2.05, 4.69) is 4.84 Å². The predicted molar refractivity (Wildman–Crippen MR) is 65.9 cm³/mol. The van der Waals surface area contributed by atoms with Gasteiger partial charge < -0.3 is 4.84 Å². The smallest absolute Gasteiger partial charge is 0.344 e. The van der Waals surface area contributed by atoms with Crippen molar-refractivity contribution in [2.24, 2.45) is 5.90 Å². The molecule has 0 saturated carbocycles. The van der Waals surface area contributed by atoms with E-state index >= 15 is 0 Å². The van der Waals surface area contributed by atoms with Crippen molar-refractivity contribution in [1.82, 2.24) is 5.06 Å². The zero-order valence-corrected chi connectivity index (χ0v) is 10.2. The van der Waals surface area contributed by atoms with Crippen molar-refractivity contribution in [3.05, 3.63) is 35.9 Å². The van der Waals surface area contributed by atoms with Crippen LogP contribution in [0.25, 0.3) is 0 Å². The topological polar surface area (TPSA) is 64.8 Å². The summed E-state index contributed by atoms with van der Waals surface area (Å²) in [6.07, 6.45) is 2.74. The molecule has 2 N–H and O–H groups in total. The first-order chi connectivity index (χ1) is 8.81. The summed E-state index contributed by atoms with van der Waals surface area (Å²) in [5.41, 5.74) is 1.07. The normalized spacial score (nSPS) is 20.6. The van der Waals surface area contributed by atoms with Crippen molar-refractivity contribution in [2.45, 2.75) is 31.9 Å². The highest BCUT2D eigenvalue weighted by Gasteiger charge is 2.30. The van der Waals surface area contributed by atoms with Crippen LogP contribution in [0.3, 0.4) is 0 Å². The van der Waals surface area contributed by atoms with Gasteiger partial charge in [0.25, 0.3) is 0 Å². The quantitative estimate of drug-likeness (QED) is 0.818. The van der Waals surface area contributed by atoms with E-state index in [0.29, 0.717) is 6.61 Å². The first-order valence-corrected chi connectivity index (χ1v) is 6.15. The Bertz CT molecular complexity index is 383. The highest BCUT2D eigenvalue weighted by atomic mass is 16.7. The van der Waals surface area contributed by atoms with Crippen LogP contribution in [0.5, 0.6) is 0 Å². The van der Waals surface area contributed by atoms with Crippen LogP contribution in [0.2, 0.25) is 0 Å². The van der Waals surface area contributed by atoms with E-state index in [1.807, 2.05) is 30.3 Å². The highest BCUT2D eigenvalue weighted by Crippen LogP contribution is 2.19. The van der Waals surface area contributed by atoms with Crippen molar-refractivity contribution >= 4 is 5.97 Å². The Morgan fingerprint density at radius 3 is 2.83 bits per heavy atom. The maximum Gasteiger partial charge on any atom is 0.344 e. The summed E-state index contributed by atoms with van der Waals surface area (Å²) in [6, 6.07) is 9.47. The van der Waals surface area contributed by atoms with Gasteiger partial charge in [-0.05, 0) is 24.8 Å². The standard InChI is InChI=1S/C13H18N2O3/c14-18-13(16)12-8-4-5-9-15(12)17-10-11-6-2-1-3-7-11/h1-3,6-7,12H,4-5,8-10,14H2/t12-/m0/s1. The zero-order chi connectivity index (χ0) is 12.8. The third-order valence-corrected chi connectivity index (χ3v) is 3.08. The molecule has 0 unspecified atom stereocenters. The maximum absolute atomic E-state index is 11.5. The first kappa shape index (κ1) is 13.0. The van der Waals surface area contributed by atoms with Gasteiger partial charge in [0.2, 0.25) is 0 Å². The van der Waals surface area contributed by atoms with Crippen LogP contribution in [0, 0.1) is 0 Å². The molecule has 1 aromatic rings. The molecule has 2 rings (SSSR count). The number of hydrogen-bond donors (Lipinski definition) is 1. The summed E-state index contributed by atoms with van der Waals surface area (Å²) in [5.74, 6) is 4.51. The van der Waals surface area contributed by atoms with E-state index in [1.54, 1.807) is 5.06 Å². The van der Waals surface area contributed by atoms with Gasteiger partial charge in [-0.15, -0.1) is 0 Å². The first-order valence-electron chi connectivity index (χ1n) is 6.15. The Balaban J connectivity index is 1.91. The number of piperidine rings is 1. The Morgan fingerprint density at radius 2 is 2.11 bits per heavy atom. The number of carbonyl (C=O) groups excluding carboxylic acids is 1. The van der Waals surface area contributed by atoms with Gasteiger partial charge in [-0.1, -0.05) is 30.3 Å². The molecule has 0 amide bonds. The predicted octanol–water partition coefficient (Wildman–Crippen LogP) is 1.39. The van der Waals surface area contributed by atoms with Gasteiger partial charge in [-0.25, -0.2) is 4.79 Å². The molecule has 1 aliphatic rings. The lowest BCUT2D eigenvalue weighted by Crippen LogP contribution is -2.45. The monoisotopic (exact) mass is 250 g/mol. The van der Waals surface area contributed by atoms with Crippen molar-refractivity contribution in [3.8, 4) is 0 Å². The van der Waals surface area contributed by atoms with Crippen LogP contribution in [0.15, 0.2) is 30.3 Å². The van der Waals surface area contributed by atoms with Crippen LogP contribution >= 0.6 is 0 Å². The molecule has 0 aromatic heterocycles. The lowest BCUT2D eigenvalue weighted by Gasteiger charge is -2.32. The minimum absolute atomic E-state index is 0.382. The van der Waals surface area contributed by atoms with Crippen LogP contribution in [0.4, 0.5) is 0 Å². The summed E-state index contributed by atoms with van der Waals surface area (Å²) in [7, 11) is 0. The second-order valence-electron chi connectivity index (χ2n) is 4.35. The number of hydroxylamine groups is 2. The molecule has 0 bridgehead atoms. The average molecular weight is 250 g/mol. The molecular formula is C13H18N2O3. The van der Waals surface area contributed by atoms with E-state index in [-0.39, 0.29) is 6.04 Å². The molecule has 18 heavy (non-hydrogen) atoms. The molecule has 0 radical (unpaired) electrons. The molecule has 1 atom stereocenters. The number of nitrogens with zero attached hydrogens (tertiary/aromatic N) is 1. The number of nitrogens with two attached hydrogens (primary N) is 1. The molecule has 1 saturated heterocycles. The molecule has 98 valence electrons. The van der Waals surface area contributed by atoms with E-state index in [4.69, 9.17) is 10.7 Å². The minimum Gasteiger partial charge on any atom is -0.372 e. The maximum atomic E-state index is 11.5. The largest absolute Gasteiger partial charge is 0.372 e. The van der Waals surface area contributed by atoms with Gasteiger partial charge >= 0.3 is 5.97 Å². The van der Waals surface area contributed by atoms with E-state index < -0.39 is 5.97 Å². The third kappa shape index (κ3) is 3.29. The Labute approximate surface area is 106 Å². The van der Waals surface area contributed by atoms with Crippen molar-refractivity contribution in [1.29, 1.82) is 0 Å². The summed E-state index contributed by atoms with van der Waals surface area (Å²) in [5, 5.41) is 1.69. The molecular weight excluding hydrogens is 232 g/mol. The number of carbonyl (C=O) groups is 1. The van der Waals surface area contributed by atoms with Gasteiger partial charge in [0.15, 0.2) is 0 Å². The fraction of sp³-hybridized carbons (Fsp3) is 0.462. The lowest BCUT2D eigenvalue weighted by atomic mass is 10.1. The van der Waals surface area contributed by atoms with Crippen molar-refractivity contribution in [3.63, 3.8) is 0 Å². The highest BCUT2D eigenvalue weighted by molar-refractivity contribution is 5.75. The van der Waals surface area contributed by atoms with Gasteiger partial charge in [0.1, 0.15) is 6.04 Å². The average Bonchev–Trinajstić information content (AvgIpc) is 2.45. The summed E-state index contributed by atoms with van der Waals surface area (Å²) >= 11 is 0. The second-order valence-corrected chi connectivity index (χ2v) is 4.35. The summed E-state index contributed by atoms with van der Waals surface area (Å²) in [6.45, 7) is 1.18. The van der Waals surface area contributed by atoms with Crippen LogP contribution in [0.1, 0.15) is 24.8 Å². The Kier molecular flexibility index (Phi) is 4.69. The minimum atomic E-state index is -0.428. The number of benzene rings is 1. The molecule has 1 aliphatic heterocycles. The number of hydrogen-bond acceptors (Lipinski definition) is 5. The van der Waals surface area contributed by atoms with Crippen molar-refractivity contribution in [2.75, 3.05) is 6.54 Å². The molecule has 1 heterocycles. The fourth-order valence-corrected chi connectivity index (χ4v) is 2.11. The fourth-order valence-electron chi connectivity index (χ4n) is 2.11. The van der Waals surface area contributed by atoms with E-state index in [9.17, 15) is 4.79 Å². The molecule has 1 aromatic carbocycles. The summed E-state index contributed by atoms with van der Waals surface area (Å²) < 4.78 is 0. The van der Waals surface area contributed by atoms with Gasteiger partial charge in [0.05, 0.1) is 6.61 Å². The van der Waals surface area contributed by atoms with Gasteiger partial charge in [0, 0.05) is 6.54 Å². The van der Waals surface area contributed by atoms with Gasteiger partial charge in [-0.3, -0.25) is 4.84 Å². The molecule has 1 fully saturated rings. The lowest BCUT2D eigenvalue weighted by molar-refractivity contribution is -0.217. The molecule has 5 nitrogen and oxygen atoms in total.